The van der Waals surface area contributed by atoms with Crippen LogP contribution in [0.15, 0.2) is 42.4 Å². The first-order valence-corrected chi connectivity index (χ1v) is 12.3. The topological polar surface area (TPSA) is 65.6 Å². The quantitative estimate of drug-likeness (QED) is 0.149. The van der Waals surface area contributed by atoms with Crippen LogP contribution in [0.1, 0.15) is 58.6 Å². The summed E-state index contributed by atoms with van der Waals surface area (Å²) in [5.41, 5.74) is 1.21. The van der Waals surface area contributed by atoms with Gasteiger partial charge in [0.25, 0.3) is 0 Å². The minimum atomic E-state index is -0.233. The number of hydrogen-bond donors (Lipinski definition) is 2. The number of piperidine rings is 1. The molecule has 0 saturated carbocycles. The summed E-state index contributed by atoms with van der Waals surface area (Å²) in [6.07, 6.45) is 5.75. The maximum atomic E-state index is 7.12. The van der Waals surface area contributed by atoms with Gasteiger partial charge in [0.1, 0.15) is 12.6 Å². The Hall–Kier alpha value is -0.405. The number of hydrogen-bond acceptors (Lipinski definition) is 3. The molecule has 1 saturated heterocycles. The van der Waals surface area contributed by atoms with E-state index >= 15 is 0 Å². The molecule has 0 radical (unpaired) electrons. The Kier molecular flexibility index (Phi) is 21.8. The molecule has 0 aliphatic carbocycles. The monoisotopic (exact) mass is 466 g/mol. The standard InChI is InChI=1S/C19H33N3O.C7H14O2.2Li/c1-21(2)14-16-23-15-11-20-19(18-9-5-3-6-10-18)17-22-12-7-4-8-13-22;1-5-6(8)9-7(2,3)4;;/h3,5-6,9-10,19-20H,4,7-8,11-17H2,1-2H3;5,8H,1-4H3;;/q;;2*+1/p+3/b;6-5-;;/t19-;;;/m0.../s1. The number of likely N-dealkylation sites (tertiary alicyclic amines) is 1. The molecule has 5 N–H and O–H groups in total. The number of allylic oxidation sites excluding steroid dienone is 1. The van der Waals surface area contributed by atoms with Gasteiger partial charge >= 0.3 is 43.7 Å². The van der Waals surface area contributed by atoms with Crippen LogP contribution in [0.5, 0.6) is 0 Å². The maximum absolute atomic E-state index is 7.12. The van der Waals surface area contributed by atoms with Gasteiger partial charge in [0, 0.05) is 26.3 Å². The van der Waals surface area contributed by atoms with E-state index in [1.807, 2.05) is 20.8 Å². The number of benzene rings is 1. The van der Waals surface area contributed by atoms with E-state index in [1.165, 1.54) is 42.8 Å². The summed E-state index contributed by atoms with van der Waals surface area (Å²) < 4.78 is 10.9. The van der Waals surface area contributed by atoms with Crippen LogP contribution < -0.4 is 47.9 Å². The van der Waals surface area contributed by atoms with Crippen molar-refractivity contribution in [1.82, 2.24) is 4.90 Å². The van der Waals surface area contributed by atoms with Crippen LogP contribution in [0, 0.1) is 0 Å². The third-order valence-electron chi connectivity index (χ3n) is 5.27. The zero-order valence-corrected chi connectivity index (χ0v) is 23.5. The Morgan fingerprint density at radius 1 is 1.09 bits per heavy atom. The molecule has 0 spiro atoms. The predicted molar refractivity (Wildman–Crippen MR) is 133 cm³/mol. The van der Waals surface area contributed by atoms with Crippen LogP contribution in [-0.2, 0) is 9.47 Å². The third kappa shape index (κ3) is 18.9. The fraction of sp³-hybridized carbons (Fsp3) is 0.692. The molecule has 2 rings (SSSR count). The molecular formula is C26H50Li2N3O3+5. The molecule has 1 aliphatic heterocycles. The molecule has 1 aromatic rings. The van der Waals surface area contributed by atoms with Crippen molar-refractivity contribution in [3.05, 3.63) is 47.9 Å². The van der Waals surface area contributed by atoms with Crippen molar-refractivity contribution in [1.29, 1.82) is 0 Å². The number of nitrogens with zero attached hydrogens (tertiary/aromatic N) is 1. The minimum absolute atomic E-state index is 0. The van der Waals surface area contributed by atoms with E-state index in [4.69, 9.17) is 14.6 Å². The number of ether oxygens (including phenoxy) is 2. The van der Waals surface area contributed by atoms with E-state index in [-0.39, 0.29) is 49.3 Å². The van der Waals surface area contributed by atoms with Gasteiger partial charge in [0.2, 0.25) is 0 Å². The van der Waals surface area contributed by atoms with Crippen LogP contribution >= 0.6 is 0 Å². The number of rotatable bonds is 11. The van der Waals surface area contributed by atoms with Crippen LogP contribution in [0.2, 0.25) is 0 Å². The second-order valence-corrected chi connectivity index (χ2v) is 9.84. The van der Waals surface area contributed by atoms with Gasteiger partial charge < -0.3 is 24.8 Å². The van der Waals surface area contributed by atoms with Gasteiger partial charge in [-0.25, -0.2) is 0 Å². The maximum Gasteiger partial charge on any atom is 1.00 e. The third-order valence-corrected chi connectivity index (χ3v) is 5.27. The van der Waals surface area contributed by atoms with E-state index in [1.54, 1.807) is 13.0 Å². The van der Waals surface area contributed by atoms with E-state index in [2.05, 4.69) is 54.6 Å². The largest absolute Gasteiger partial charge is 1.00 e. The van der Waals surface area contributed by atoms with Gasteiger partial charge in [0.15, 0.2) is 5.60 Å². The summed E-state index contributed by atoms with van der Waals surface area (Å²) in [7, 11) is 4.33. The van der Waals surface area contributed by atoms with Gasteiger partial charge in [0.05, 0.1) is 46.5 Å². The SMILES string of the molecule is C/C=C(/[OH2+])OC(C)(C)C.C[NH+](C)CCOCC[NH2+][C@@H](CN1CCCCC1)c1ccccc1.[Li+].[Li+]. The van der Waals surface area contributed by atoms with Gasteiger partial charge in [-0.3, -0.25) is 4.90 Å². The molecule has 1 fully saturated rings. The van der Waals surface area contributed by atoms with Gasteiger partial charge in [-0.1, -0.05) is 36.8 Å². The molecule has 1 atom stereocenters. The Balaban J connectivity index is 0. The summed E-state index contributed by atoms with van der Waals surface area (Å²) in [5.74, 6) is 0.238. The summed E-state index contributed by atoms with van der Waals surface area (Å²) >= 11 is 0. The summed E-state index contributed by atoms with van der Waals surface area (Å²) in [4.78, 5) is 4.08. The van der Waals surface area contributed by atoms with Crippen molar-refractivity contribution < 1.29 is 62.5 Å². The van der Waals surface area contributed by atoms with Crippen LogP contribution in [0.4, 0.5) is 0 Å². The normalized spacial score (nSPS) is 15.4. The van der Waals surface area contributed by atoms with Crippen LogP contribution in [-0.4, -0.2) is 75.6 Å². The molecular weight excluding hydrogens is 416 g/mol. The van der Waals surface area contributed by atoms with Crippen molar-refractivity contribution in [3.63, 3.8) is 0 Å². The zero-order valence-electron chi connectivity index (χ0n) is 23.5. The number of likely N-dealkylation sites (N-methyl/N-ethyl adjacent to an activating group) is 1. The first-order valence-electron chi connectivity index (χ1n) is 12.3. The van der Waals surface area contributed by atoms with Crippen molar-refractivity contribution in [2.24, 2.45) is 0 Å². The number of quaternary nitrogens is 2. The predicted octanol–water partition coefficient (Wildman–Crippen LogP) is -4.67. The molecule has 0 amide bonds. The Morgan fingerprint density at radius 3 is 2.21 bits per heavy atom. The van der Waals surface area contributed by atoms with Crippen molar-refractivity contribution in [2.75, 3.05) is 60.0 Å². The average molecular weight is 467 g/mol. The van der Waals surface area contributed by atoms with Crippen molar-refractivity contribution in [3.8, 4) is 0 Å². The Labute approximate surface area is 233 Å². The van der Waals surface area contributed by atoms with Crippen LogP contribution in [0.25, 0.3) is 0 Å². The zero-order chi connectivity index (χ0) is 23.8. The van der Waals surface area contributed by atoms with Gasteiger partial charge in [-0.05, 0) is 32.9 Å². The Bertz CT molecular complexity index is 619. The molecule has 6 nitrogen and oxygen atoms in total. The molecule has 8 heteroatoms. The second kappa shape index (κ2) is 20.8. The van der Waals surface area contributed by atoms with Crippen molar-refractivity contribution in [2.45, 2.75) is 58.6 Å². The van der Waals surface area contributed by atoms with Gasteiger partial charge in [-0.15, -0.1) is 0 Å². The fourth-order valence-corrected chi connectivity index (χ4v) is 3.56. The second-order valence-electron chi connectivity index (χ2n) is 9.84. The van der Waals surface area contributed by atoms with E-state index in [0.29, 0.717) is 6.04 Å². The molecule has 0 aromatic heterocycles. The molecule has 0 unspecified atom stereocenters. The van der Waals surface area contributed by atoms with Gasteiger partial charge in [-0.2, -0.15) is 0 Å². The summed E-state index contributed by atoms with van der Waals surface area (Å²) in [6, 6.07) is 11.5. The number of nitrogens with one attached hydrogen (secondary N) is 1. The molecule has 0 bridgehead atoms. The van der Waals surface area contributed by atoms with Crippen LogP contribution in [0.3, 0.4) is 0 Å². The summed E-state index contributed by atoms with van der Waals surface area (Å²) in [5, 5.41) is 9.58. The molecule has 34 heavy (non-hydrogen) atoms. The smallest absolute Gasteiger partial charge is 0.567 e. The molecule has 184 valence electrons. The fourth-order valence-electron chi connectivity index (χ4n) is 3.56. The molecule has 1 heterocycles. The van der Waals surface area contributed by atoms with E-state index < -0.39 is 0 Å². The molecule has 1 aromatic carbocycles. The van der Waals surface area contributed by atoms with E-state index in [9.17, 15) is 0 Å². The first-order chi connectivity index (χ1) is 15.2. The summed E-state index contributed by atoms with van der Waals surface area (Å²) in [6.45, 7) is 15.1. The van der Waals surface area contributed by atoms with Crippen molar-refractivity contribution >= 4 is 0 Å². The first kappa shape index (κ1) is 35.8. The number of nitrogens with two attached hydrogens (primary N) is 1. The Morgan fingerprint density at radius 2 is 1.71 bits per heavy atom. The minimum Gasteiger partial charge on any atom is -0.567 e. The average Bonchev–Trinajstić information content (AvgIpc) is 2.75. The van der Waals surface area contributed by atoms with E-state index in [0.717, 1.165) is 32.8 Å². The molecule has 1 aliphatic rings.